The summed E-state index contributed by atoms with van der Waals surface area (Å²) in [5.74, 6) is 1.69. The van der Waals surface area contributed by atoms with Crippen molar-refractivity contribution >= 4 is 17.4 Å². The first kappa shape index (κ1) is 17.0. The average molecular weight is 360 g/mol. The van der Waals surface area contributed by atoms with Crippen LogP contribution in [0.1, 0.15) is 21.5 Å². The van der Waals surface area contributed by atoms with Gasteiger partial charge in [0.2, 0.25) is 0 Å². The van der Waals surface area contributed by atoms with E-state index in [4.69, 9.17) is 4.74 Å². The zero-order chi connectivity index (χ0) is 18.8. The standard InChI is InChI=1S/C21H20N4O2/c1-24(20-9-10-22-14-23-20)17-5-8-19-16(11-17)13-25(21(19)26)12-15-3-6-18(27-2)7-4-15/h3-11,14H,12-13H2,1-2H3. The van der Waals surface area contributed by atoms with E-state index in [0.29, 0.717) is 13.1 Å². The van der Waals surface area contributed by atoms with Crippen LogP contribution in [0.5, 0.6) is 5.75 Å². The molecule has 0 saturated heterocycles. The largest absolute Gasteiger partial charge is 0.497 e. The number of benzene rings is 2. The van der Waals surface area contributed by atoms with Gasteiger partial charge in [0.05, 0.1) is 7.11 Å². The quantitative estimate of drug-likeness (QED) is 0.698. The maximum atomic E-state index is 12.7. The Morgan fingerprint density at radius 1 is 1.15 bits per heavy atom. The van der Waals surface area contributed by atoms with E-state index >= 15 is 0 Å². The molecule has 0 N–H and O–H groups in total. The minimum Gasteiger partial charge on any atom is -0.497 e. The Bertz CT molecular complexity index is 958. The molecule has 3 aromatic rings. The summed E-state index contributed by atoms with van der Waals surface area (Å²) in [5, 5.41) is 0. The number of fused-ring (bicyclic) bond motifs is 1. The number of ether oxygens (including phenoxy) is 1. The molecule has 0 atom stereocenters. The van der Waals surface area contributed by atoms with E-state index in [1.54, 1.807) is 13.3 Å². The summed E-state index contributed by atoms with van der Waals surface area (Å²) >= 11 is 0. The third-order valence-corrected chi connectivity index (χ3v) is 4.80. The van der Waals surface area contributed by atoms with Crippen LogP contribution < -0.4 is 9.64 Å². The highest BCUT2D eigenvalue weighted by atomic mass is 16.5. The Balaban J connectivity index is 1.53. The van der Waals surface area contributed by atoms with Crippen LogP contribution in [0, 0.1) is 0 Å². The minimum absolute atomic E-state index is 0.0667. The van der Waals surface area contributed by atoms with Crippen LogP contribution in [0.4, 0.5) is 11.5 Å². The molecule has 2 aromatic carbocycles. The summed E-state index contributed by atoms with van der Waals surface area (Å²) < 4.78 is 5.19. The van der Waals surface area contributed by atoms with Crippen molar-refractivity contribution in [1.29, 1.82) is 0 Å². The molecular weight excluding hydrogens is 340 g/mol. The molecule has 6 heteroatoms. The topological polar surface area (TPSA) is 58.6 Å². The fourth-order valence-electron chi connectivity index (χ4n) is 3.27. The van der Waals surface area contributed by atoms with Gasteiger partial charge in [-0.1, -0.05) is 12.1 Å². The van der Waals surface area contributed by atoms with Crippen LogP contribution in [0.2, 0.25) is 0 Å². The highest BCUT2D eigenvalue weighted by Gasteiger charge is 2.27. The number of amides is 1. The molecule has 0 spiro atoms. The molecule has 0 saturated carbocycles. The molecule has 0 fully saturated rings. The third-order valence-electron chi connectivity index (χ3n) is 4.80. The van der Waals surface area contributed by atoms with E-state index in [1.165, 1.54) is 6.33 Å². The maximum absolute atomic E-state index is 12.7. The first-order valence-electron chi connectivity index (χ1n) is 8.70. The van der Waals surface area contributed by atoms with E-state index in [0.717, 1.165) is 33.9 Å². The number of hydrogen-bond donors (Lipinski definition) is 0. The molecule has 0 unspecified atom stereocenters. The minimum atomic E-state index is 0.0667. The van der Waals surface area contributed by atoms with Crippen LogP contribution in [0.3, 0.4) is 0 Å². The van der Waals surface area contributed by atoms with Crippen molar-refractivity contribution in [2.75, 3.05) is 19.1 Å². The Labute approximate surface area is 158 Å². The molecular formula is C21H20N4O2. The average Bonchev–Trinajstić information content (AvgIpc) is 3.03. The number of nitrogens with zero attached hydrogens (tertiary/aromatic N) is 4. The molecule has 6 nitrogen and oxygen atoms in total. The highest BCUT2D eigenvalue weighted by molar-refractivity contribution is 5.98. The van der Waals surface area contributed by atoms with Crippen molar-refractivity contribution in [3.8, 4) is 5.75 Å². The summed E-state index contributed by atoms with van der Waals surface area (Å²) in [6.45, 7) is 1.18. The van der Waals surface area contributed by atoms with Crippen LogP contribution in [-0.2, 0) is 13.1 Å². The highest BCUT2D eigenvalue weighted by Crippen LogP contribution is 2.30. The normalized spacial score (nSPS) is 12.8. The maximum Gasteiger partial charge on any atom is 0.254 e. The first-order valence-corrected chi connectivity index (χ1v) is 8.70. The van der Waals surface area contributed by atoms with Gasteiger partial charge in [-0.3, -0.25) is 4.79 Å². The van der Waals surface area contributed by atoms with Gasteiger partial charge in [0.25, 0.3) is 5.91 Å². The third kappa shape index (κ3) is 3.33. The molecule has 2 heterocycles. The van der Waals surface area contributed by atoms with Gasteiger partial charge >= 0.3 is 0 Å². The zero-order valence-corrected chi connectivity index (χ0v) is 15.3. The Hall–Kier alpha value is -3.41. The zero-order valence-electron chi connectivity index (χ0n) is 15.3. The number of hydrogen-bond acceptors (Lipinski definition) is 5. The molecule has 0 bridgehead atoms. The molecule has 1 amide bonds. The van der Waals surface area contributed by atoms with E-state index < -0.39 is 0 Å². The van der Waals surface area contributed by atoms with Gasteiger partial charge in [-0.2, -0.15) is 0 Å². The van der Waals surface area contributed by atoms with Crippen molar-refractivity contribution in [3.63, 3.8) is 0 Å². The van der Waals surface area contributed by atoms with Crippen molar-refractivity contribution in [2.24, 2.45) is 0 Å². The molecule has 1 aromatic heterocycles. The monoisotopic (exact) mass is 360 g/mol. The van der Waals surface area contributed by atoms with Gasteiger partial charge in [-0.25, -0.2) is 9.97 Å². The second-order valence-corrected chi connectivity index (χ2v) is 6.48. The number of aromatic nitrogens is 2. The molecule has 0 aliphatic carbocycles. The molecule has 1 aliphatic heterocycles. The van der Waals surface area contributed by atoms with Gasteiger partial charge < -0.3 is 14.5 Å². The summed E-state index contributed by atoms with van der Waals surface area (Å²) in [5.41, 5.74) is 3.87. The van der Waals surface area contributed by atoms with E-state index in [2.05, 4.69) is 16.0 Å². The van der Waals surface area contributed by atoms with Gasteiger partial charge in [-0.15, -0.1) is 0 Å². The van der Waals surface area contributed by atoms with Crippen molar-refractivity contribution < 1.29 is 9.53 Å². The van der Waals surface area contributed by atoms with E-state index in [-0.39, 0.29) is 5.91 Å². The Morgan fingerprint density at radius 2 is 1.96 bits per heavy atom. The van der Waals surface area contributed by atoms with Gasteiger partial charge in [0.1, 0.15) is 17.9 Å². The fourth-order valence-corrected chi connectivity index (χ4v) is 3.27. The predicted octanol–water partition coefficient (Wildman–Crippen LogP) is 3.41. The van der Waals surface area contributed by atoms with Gasteiger partial charge in [0.15, 0.2) is 0 Å². The Morgan fingerprint density at radius 3 is 2.67 bits per heavy atom. The second-order valence-electron chi connectivity index (χ2n) is 6.48. The predicted molar refractivity (Wildman–Crippen MR) is 103 cm³/mol. The van der Waals surface area contributed by atoms with E-state index in [1.807, 2.05) is 59.3 Å². The summed E-state index contributed by atoms with van der Waals surface area (Å²) in [6.07, 6.45) is 3.24. The first-order chi connectivity index (χ1) is 13.2. The lowest BCUT2D eigenvalue weighted by Crippen LogP contribution is -2.23. The number of carbonyl (C=O) groups is 1. The Kier molecular flexibility index (Phi) is 4.46. The van der Waals surface area contributed by atoms with Crippen LogP contribution in [-0.4, -0.2) is 34.9 Å². The molecule has 136 valence electrons. The summed E-state index contributed by atoms with van der Waals surface area (Å²) in [6, 6.07) is 15.6. The van der Waals surface area contributed by atoms with Crippen molar-refractivity contribution in [1.82, 2.24) is 14.9 Å². The number of anilines is 2. The molecule has 4 rings (SSSR count). The van der Waals surface area contributed by atoms with Gasteiger partial charge in [0, 0.05) is 37.6 Å². The van der Waals surface area contributed by atoms with Crippen molar-refractivity contribution in [2.45, 2.75) is 13.1 Å². The van der Waals surface area contributed by atoms with Crippen LogP contribution in [0.15, 0.2) is 61.1 Å². The lowest BCUT2D eigenvalue weighted by atomic mass is 10.1. The molecule has 1 aliphatic rings. The molecule has 27 heavy (non-hydrogen) atoms. The van der Waals surface area contributed by atoms with Gasteiger partial charge in [-0.05, 0) is 47.5 Å². The van der Waals surface area contributed by atoms with Crippen LogP contribution >= 0.6 is 0 Å². The summed E-state index contributed by atoms with van der Waals surface area (Å²) in [4.78, 5) is 24.8. The van der Waals surface area contributed by atoms with Crippen LogP contribution in [0.25, 0.3) is 0 Å². The lowest BCUT2D eigenvalue weighted by molar-refractivity contribution is 0.0766. The second kappa shape index (κ2) is 7.07. The summed E-state index contributed by atoms with van der Waals surface area (Å²) in [7, 11) is 3.60. The number of carbonyl (C=O) groups excluding carboxylic acids is 1. The lowest BCUT2D eigenvalue weighted by Gasteiger charge is -2.18. The smallest absolute Gasteiger partial charge is 0.254 e. The fraction of sp³-hybridized carbons (Fsp3) is 0.190. The SMILES string of the molecule is COc1ccc(CN2Cc3cc(N(C)c4ccncn4)ccc3C2=O)cc1. The molecule has 0 radical (unpaired) electrons. The van der Waals surface area contributed by atoms with E-state index in [9.17, 15) is 4.79 Å². The van der Waals surface area contributed by atoms with Crippen molar-refractivity contribution in [3.05, 3.63) is 77.7 Å². The number of rotatable bonds is 5. The number of methoxy groups -OCH3 is 1.